The third kappa shape index (κ3) is 22.8. The summed E-state index contributed by atoms with van der Waals surface area (Å²) < 4.78 is 0. The van der Waals surface area contributed by atoms with Crippen LogP contribution in [-0.4, -0.2) is 7.38 Å². The van der Waals surface area contributed by atoms with E-state index < -0.39 is 7.38 Å². The topological polar surface area (TPSA) is 0 Å². The van der Waals surface area contributed by atoms with E-state index in [2.05, 4.69) is 26.9 Å². The largest absolute Gasteiger partial charge is 0.168 e. The van der Waals surface area contributed by atoms with Gasteiger partial charge in [-0.1, -0.05) is 155 Å². The summed E-state index contributed by atoms with van der Waals surface area (Å²) in [5.74, 6) is 0.910. The lowest BCUT2D eigenvalue weighted by Gasteiger charge is -2.23. The first-order chi connectivity index (χ1) is 13.5. The van der Waals surface area contributed by atoms with Gasteiger partial charge in [0.2, 0.25) is 0 Å². The van der Waals surface area contributed by atoms with Crippen molar-refractivity contribution in [2.24, 2.45) is 5.92 Å². The first-order valence-corrected chi connectivity index (χ1v) is 17.4. The van der Waals surface area contributed by atoms with Crippen LogP contribution in [-0.2, 0) is 0 Å². The molecule has 0 aromatic heterocycles. The standard InChI is InChI=1S/C26H55ClSi/c1-5-7-9-11-13-15-16-18-20-22-24-26(25-28(3,4)27)23-21-19-17-14-12-10-8-6-2/h26H,5-25H2,1-4H3/t26-/m1/s1. The van der Waals surface area contributed by atoms with Crippen LogP contribution in [0.25, 0.3) is 0 Å². The Balaban J connectivity index is 3.71. The van der Waals surface area contributed by atoms with E-state index in [1.54, 1.807) is 0 Å². The van der Waals surface area contributed by atoms with Gasteiger partial charge in [-0.2, -0.15) is 11.1 Å². The summed E-state index contributed by atoms with van der Waals surface area (Å²) in [4.78, 5) is 0. The Hall–Kier alpha value is 0.507. The molecule has 0 N–H and O–H groups in total. The van der Waals surface area contributed by atoms with Gasteiger partial charge in [-0.25, -0.2) is 0 Å². The normalized spacial score (nSPS) is 13.2. The highest BCUT2D eigenvalue weighted by atomic mass is 35.6. The zero-order valence-electron chi connectivity index (χ0n) is 20.3. The summed E-state index contributed by atoms with van der Waals surface area (Å²) in [6.07, 6.45) is 28.8. The molecule has 2 heteroatoms. The van der Waals surface area contributed by atoms with Crippen LogP contribution in [0.4, 0.5) is 0 Å². The number of hydrogen-bond donors (Lipinski definition) is 0. The fraction of sp³-hybridized carbons (Fsp3) is 1.00. The van der Waals surface area contributed by atoms with Crippen LogP contribution in [0.5, 0.6) is 0 Å². The van der Waals surface area contributed by atoms with Crippen LogP contribution in [0.2, 0.25) is 19.1 Å². The highest BCUT2D eigenvalue weighted by Gasteiger charge is 2.22. The Bertz CT molecular complexity index is 297. The van der Waals surface area contributed by atoms with Crippen LogP contribution in [0, 0.1) is 5.92 Å². The number of rotatable bonds is 22. The minimum atomic E-state index is -1.44. The predicted octanol–water partition coefficient (Wildman–Crippen LogP) is 10.9. The maximum Gasteiger partial charge on any atom is 0.150 e. The molecule has 170 valence electrons. The summed E-state index contributed by atoms with van der Waals surface area (Å²) in [6, 6.07) is 1.34. The molecule has 0 amide bonds. The molecule has 0 bridgehead atoms. The van der Waals surface area contributed by atoms with Gasteiger partial charge in [0.1, 0.15) is 0 Å². The molecule has 0 saturated heterocycles. The van der Waals surface area contributed by atoms with Crippen molar-refractivity contribution in [3.8, 4) is 0 Å². The van der Waals surface area contributed by atoms with E-state index in [1.165, 1.54) is 134 Å². The second-order valence-electron chi connectivity index (χ2n) is 10.0. The molecule has 0 rings (SSSR count). The van der Waals surface area contributed by atoms with E-state index in [0.29, 0.717) is 0 Å². The molecule has 28 heavy (non-hydrogen) atoms. The summed E-state index contributed by atoms with van der Waals surface area (Å²) in [6.45, 7) is 9.29. The average molecular weight is 431 g/mol. The van der Waals surface area contributed by atoms with Gasteiger partial charge in [0.15, 0.2) is 7.38 Å². The second kappa shape index (κ2) is 20.8. The fourth-order valence-electron chi connectivity index (χ4n) is 4.52. The molecule has 0 aliphatic heterocycles. The SMILES string of the molecule is CCCCCCCCCCCC[C@@H](CCCCCCCCCC)C[Si](C)(C)Cl. The fourth-order valence-corrected chi connectivity index (χ4v) is 6.96. The zero-order chi connectivity index (χ0) is 20.9. The van der Waals surface area contributed by atoms with Crippen LogP contribution in [0.1, 0.15) is 142 Å². The van der Waals surface area contributed by atoms with E-state index in [9.17, 15) is 0 Å². The van der Waals surface area contributed by atoms with Gasteiger partial charge in [0.25, 0.3) is 0 Å². The lowest BCUT2D eigenvalue weighted by molar-refractivity contribution is 0.427. The Morgan fingerprint density at radius 3 is 1.07 bits per heavy atom. The first kappa shape index (κ1) is 28.5. The third-order valence-electron chi connectivity index (χ3n) is 6.21. The lowest BCUT2D eigenvalue weighted by Crippen LogP contribution is -2.21. The number of hydrogen-bond acceptors (Lipinski definition) is 0. The predicted molar refractivity (Wildman–Crippen MR) is 135 cm³/mol. The van der Waals surface area contributed by atoms with Crippen molar-refractivity contribution in [2.75, 3.05) is 0 Å². The quantitative estimate of drug-likeness (QED) is 0.0908. The smallest absolute Gasteiger partial charge is 0.150 e. The van der Waals surface area contributed by atoms with Gasteiger partial charge in [-0.05, 0) is 12.0 Å². The second-order valence-corrected chi connectivity index (χ2v) is 16.9. The lowest BCUT2D eigenvalue weighted by atomic mass is 9.95. The van der Waals surface area contributed by atoms with Gasteiger partial charge >= 0.3 is 0 Å². The molecule has 0 aliphatic carbocycles. The van der Waals surface area contributed by atoms with Crippen molar-refractivity contribution < 1.29 is 0 Å². The zero-order valence-corrected chi connectivity index (χ0v) is 22.1. The number of unbranched alkanes of at least 4 members (excludes halogenated alkanes) is 16. The minimum absolute atomic E-state index is 0.910. The molecule has 0 aliphatic rings. The van der Waals surface area contributed by atoms with Gasteiger partial charge in [0, 0.05) is 0 Å². The van der Waals surface area contributed by atoms with E-state index >= 15 is 0 Å². The van der Waals surface area contributed by atoms with Gasteiger partial charge in [0.05, 0.1) is 0 Å². The Morgan fingerprint density at radius 2 is 0.786 bits per heavy atom. The van der Waals surface area contributed by atoms with E-state index in [4.69, 9.17) is 11.1 Å². The monoisotopic (exact) mass is 430 g/mol. The molecule has 0 saturated carbocycles. The molecular formula is C26H55ClSi. The van der Waals surface area contributed by atoms with Crippen molar-refractivity contribution in [3.63, 3.8) is 0 Å². The number of halogens is 1. The Kier molecular flexibility index (Phi) is 21.1. The average Bonchev–Trinajstić information content (AvgIpc) is 2.64. The van der Waals surface area contributed by atoms with Gasteiger partial charge < -0.3 is 0 Å². The Labute approximate surface area is 185 Å². The van der Waals surface area contributed by atoms with Crippen molar-refractivity contribution in [1.29, 1.82) is 0 Å². The highest BCUT2D eigenvalue weighted by molar-refractivity contribution is 7.19. The molecule has 0 nitrogen and oxygen atoms in total. The molecule has 0 fully saturated rings. The summed E-state index contributed by atoms with van der Waals surface area (Å²) in [5.41, 5.74) is 0. The highest BCUT2D eigenvalue weighted by Crippen LogP contribution is 2.29. The maximum absolute atomic E-state index is 6.71. The third-order valence-corrected chi connectivity index (χ3v) is 8.22. The molecule has 0 aromatic carbocycles. The first-order valence-electron chi connectivity index (χ1n) is 13.2. The molecule has 0 heterocycles. The summed E-state index contributed by atoms with van der Waals surface area (Å²) in [7, 11) is -1.44. The van der Waals surface area contributed by atoms with Gasteiger partial charge in [-0.3, -0.25) is 0 Å². The van der Waals surface area contributed by atoms with Crippen LogP contribution < -0.4 is 0 Å². The van der Waals surface area contributed by atoms with E-state index in [1.807, 2.05) is 0 Å². The van der Waals surface area contributed by atoms with Crippen LogP contribution in [0.15, 0.2) is 0 Å². The van der Waals surface area contributed by atoms with Crippen LogP contribution >= 0.6 is 11.1 Å². The maximum atomic E-state index is 6.71. The van der Waals surface area contributed by atoms with E-state index in [-0.39, 0.29) is 0 Å². The molecule has 0 unspecified atom stereocenters. The van der Waals surface area contributed by atoms with E-state index in [0.717, 1.165) is 5.92 Å². The Morgan fingerprint density at radius 1 is 0.500 bits per heavy atom. The van der Waals surface area contributed by atoms with Crippen molar-refractivity contribution >= 4 is 18.5 Å². The summed E-state index contributed by atoms with van der Waals surface area (Å²) >= 11 is 6.71. The molecule has 0 spiro atoms. The van der Waals surface area contributed by atoms with Crippen molar-refractivity contribution in [2.45, 2.75) is 161 Å². The molecule has 1 atom stereocenters. The molecule has 0 radical (unpaired) electrons. The minimum Gasteiger partial charge on any atom is -0.168 e. The molecular weight excluding hydrogens is 376 g/mol. The van der Waals surface area contributed by atoms with Crippen molar-refractivity contribution in [1.82, 2.24) is 0 Å². The van der Waals surface area contributed by atoms with Crippen molar-refractivity contribution in [3.05, 3.63) is 0 Å². The van der Waals surface area contributed by atoms with Crippen LogP contribution in [0.3, 0.4) is 0 Å². The van der Waals surface area contributed by atoms with Gasteiger partial charge in [-0.15, -0.1) is 0 Å². The molecule has 0 aromatic rings. The summed E-state index contributed by atoms with van der Waals surface area (Å²) in [5, 5.41) is 0.